The number of carbonyl (C=O) groups is 17. The number of carbonyl (C=O) groups excluding carboxylic acids is 15. The topological polar surface area (TPSA) is 781 Å². The number of nitrogens with two attached hydrogens (primary N) is 8. The molecule has 46 nitrogen and oxygen atoms in total. The summed E-state index contributed by atoms with van der Waals surface area (Å²) in [6.45, 7) is 23.0. The fourth-order valence-electron chi connectivity index (χ4n) is 12.9. The van der Waals surface area contributed by atoms with Crippen molar-refractivity contribution < 1.29 is 96.8 Å². The van der Waals surface area contributed by atoms with Crippen LogP contribution in [0.4, 0.5) is 0 Å². The molecule has 0 aliphatic carbocycles. The number of imidazole rings is 1. The van der Waals surface area contributed by atoms with Crippen LogP contribution in [0.5, 0.6) is 0 Å². The maximum Gasteiger partial charge on any atom is 0.303 e. The highest BCUT2D eigenvalue weighted by atomic mass is 16.4. The number of aromatic amines is 1. The van der Waals surface area contributed by atoms with Crippen molar-refractivity contribution in [2.45, 2.75) is 322 Å². The minimum absolute atomic E-state index is 0.0103. The summed E-state index contributed by atoms with van der Waals surface area (Å²) in [7, 11) is 0. The molecule has 0 unspecified atom stereocenters. The SMILES string of the molecule is CC(C)C[C@H](NC(=O)[C@H](CC(C)C)NC(=O)[C@H](CCC(=O)O)NC(=O)[C@H](CCCN=C(N)N)NC(=O)[C@@H](N)CCCN=C(N)N)C(=O)N[C@@H](CCC(=O)O)C(=O)N[C@@H](CCCCN)C(=O)N[C@@H](CC(C)C)C(=O)N[C@@H](CC(C)C)C(=O)NC(C)(C)C(=O)N[C@@H](CCCCN)C(=O)N[C@@H](CC(C)C)C(=O)N[C@@H](Cc1cnc[nH]1)C(=O)N[C@H](C(=O)N[C@@H](C)C(N)=O)[C@@H](C)O. The predicted molar refractivity (Wildman–Crippen MR) is 471 cm³/mol. The molecule has 1 aromatic heterocycles. The number of aromatic nitrogens is 2. The fraction of sp³-hybridized carbons (Fsp3) is 0.728. The number of primary amides is 1. The van der Waals surface area contributed by atoms with Crippen molar-refractivity contribution in [1.29, 1.82) is 0 Å². The average Bonchev–Trinajstić information content (AvgIpc) is 1.33. The molecule has 15 atom stereocenters. The zero-order valence-corrected chi connectivity index (χ0v) is 75.9. The molecule has 127 heavy (non-hydrogen) atoms. The summed E-state index contributed by atoms with van der Waals surface area (Å²) in [6.07, 6.45) is -0.430. The van der Waals surface area contributed by atoms with E-state index < -0.39 is 222 Å². The second kappa shape index (κ2) is 58.8. The number of aliphatic carboxylic acids is 2. The van der Waals surface area contributed by atoms with Crippen LogP contribution in [0, 0.1) is 29.6 Å². The lowest BCUT2D eigenvalue weighted by Crippen LogP contribution is -2.63. The lowest BCUT2D eigenvalue weighted by molar-refractivity contribution is -0.139. The number of rotatable bonds is 64. The lowest BCUT2D eigenvalue weighted by Gasteiger charge is -2.32. The third-order valence-electron chi connectivity index (χ3n) is 19.8. The van der Waals surface area contributed by atoms with Crippen molar-refractivity contribution >= 4 is 112 Å². The second-order valence-corrected chi connectivity index (χ2v) is 34.5. The van der Waals surface area contributed by atoms with Crippen LogP contribution in [0.1, 0.15) is 225 Å². The number of hydrogen-bond donors (Lipinski definition) is 26. The number of aliphatic hydroxyl groups excluding tert-OH is 1. The third kappa shape index (κ3) is 46.6. The Morgan fingerprint density at radius 3 is 1.02 bits per heavy atom. The van der Waals surface area contributed by atoms with Crippen molar-refractivity contribution in [1.82, 2.24) is 84.4 Å². The van der Waals surface area contributed by atoms with Crippen LogP contribution in [0.2, 0.25) is 0 Å². The molecule has 0 aromatic carbocycles. The zero-order chi connectivity index (χ0) is 96.7. The second-order valence-electron chi connectivity index (χ2n) is 34.5. The zero-order valence-electron chi connectivity index (χ0n) is 75.9. The van der Waals surface area contributed by atoms with Gasteiger partial charge in [0, 0.05) is 44.2 Å². The summed E-state index contributed by atoms with van der Waals surface area (Å²) in [4.78, 5) is 251. The van der Waals surface area contributed by atoms with Crippen LogP contribution in [-0.2, 0) is 87.9 Å². The standard InChI is InChI=1S/C81H146N26O20/c1-41(2)33-55(102-72(121)56(34-42(3)4)101-70(119)54(26-28-62(111)112)97-66(115)51(24-20-32-92-80(88)89)95-65(114)49(84)21-19-31-91-79(86)87)71(120)98-53(25-27-61(109)110)69(118)96-50(22-15-17-29-82)67(116)99-57(35-43(5)6)73(122)103-59(37-45(9)10)76(125)107-81(13,14)78(127)105-52(23-16-18-30-83)68(117)100-58(36-44(7)8)74(123)104-60(38-48-39-90-40-93-48)75(124)106-63(47(12)108)77(126)94-46(11)64(85)113/h39-47,49-60,63,108H,15-38,82-84H2,1-14H3,(H2,85,113)(H,90,93)(H,94,126)(H,95,114)(H,96,118)(H,97,115)(H,98,120)(H,99,116)(H,100,117)(H,101,119)(H,102,121)(H,103,122)(H,104,123)(H,105,127)(H,106,124)(H,107,125)(H,109,110)(H,111,112)(H4,86,87,91)(H4,88,89,92)/t46-,47+,49-,50-,51-,52-,53-,54-,55-,56-,57-,58-,59-,60-,63-/m0/s1. The van der Waals surface area contributed by atoms with Gasteiger partial charge in [-0.15, -0.1) is 0 Å². The summed E-state index contributed by atoms with van der Waals surface area (Å²) in [5.41, 5.74) is 43.4. The number of nitrogens with zero attached hydrogens (tertiary/aromatic N) is 3. The molecule has 0 saturated carbocycles. The Bertz CT molecular complexity index is 3800. The molecule has 0 aliphatic heterocycles. The highest BCUT2D eigenvalue weighted by Crippen LogP contribution is 2.18. The summed E-state index contributed by atoms with van der Waals surface area (Å²) >= 11 is 0. The molecule has 1 aromatic rings. The first-order valence-corrected chi connectivity index (χ1v) is 43.2. The van der Waals surface area contributed by atoms with Gasteiger partial charge in [-0.3, -0.25) is 91.5 Å². The van der Waals surface area contributed by atoms with Gasteiger partial charge in [0.25, 0.3) is 0 Å². The smallest absolute Gasteiger partial charge is 0.303 e. The molecule has 1 heterocycles. The van der Waals surface area contributed by atoms with Gasteiger partial charge >= 0.3 is 11.9 Å². The molecule has 1 rings (SSSR count). The fourth-order valence-corrected chi connectivity index (χ4v) is 12.9. The van der Waals surface area contributed by atoms with Gasteiger partial charge in [0.05, 0.1) is 18.5 Å². The number of carboxylic acid groups (broad SMARTS) is 2. The molecular formula is C81H146N26O20. The van der Waals surface area contributed by atoms with Crippen LogP contribution in [0.15, 0.2) is 22.5 Å². The Morgan fingerprint density at radius 2 is 0.693 bits per heavy atom. The molecule has 46 heteroatoms. The van der Waals surface area contributed by atoms with E-state index in [0.29, 0.717) is 18.5 Å². The van der Waals surface area contributed by atoms with Gasteiger partial charge in [-0.05, 0) is 180 Å². The van der Waals surface area contributed by atoms with Gasteiger partial charge in [0.1, 0.15) is 84.1 Å². The van der Waals surface area contributed by atoms with Gasteiger partial charge in [-0.25, -0.2) is 4.98 Å². The minimum atomic E-state index is -1.86. The van der Waals surface area contributed by atoms with Gasteiger partial charge in [-0.1, -0.05) is 69.2 Å². The van der Waals surface area contributed by atoms with E-state index in [0.717, 1.165) is 0 Å². The van der Waals surface area contributed by atoms with E-state index in [1.54, 1.807) is 69.2 Å². The Kier molecular flexibility index (Phi) is 52.6. The van der Waals surface area contributed by atoms with E-state index in [-0.39, 0.29) is 158 Å². The summed E-state index contributed by atoms with van der Waals surface area (Å²) in [6, 6.07) is -20.3. The maximum absolute atomic E-state index is 14.8. The molecule has 0 radical (unpaired) electrons. The van der Waals surface area contributed by atoms with Crippen molar-refractivity contribution in [3.63, 3.8) is 0 Å². The number of nitrogens with one attached hydrogen (secondary N) is 15. The van der Waals surface area contributed by atoms with E-state index in [1.165, 1.54) is 40.2 Å². The van der Waals surface area contributed by atoms with Crippen molar-refractivity contribution in [2.24, 2.45) is 85.4 Å². The first-order valence-electron chi connectivity index (χ1n) is 43.2. The molecule has 0 spiro atoms. The number of amides is 15. The Hall–Kier alpha value is -11.4. The van der Waals surface area contributed by atoms with Crippen molar-refractivity contribution in [3.05, 3.63) is 18.2 Å². The molecule has 0 saturated heterocycles. The number of unbranched alkanes of at least 4 members (excludes halogenated alkanes) is 2. The number of aliphatic hydroxyl groups is 1. The molecule has 0 aliphatic rings. The normalized spacial score (nSPS) is 15.0. The van der Waals surface area contributed by atoms with Crippen LogP contribution in [0.3, 0.4) is 0 Å². The summed E-state index contributed by atoms with van der Waals surface area (Å²) in [5.74, 6) is -18.7. The van der Waals surface area contributed by atoms with Gasteiger partial charge < -0.3 is 141 Å². The number of carboxylic acids is 2. The number of guanidine groups is 2. The Labute approximate surface area is 742 Å². The van der Waals surface area contributed by atoms with E-state index >= 15 is 0 Å². The highest BCUT2D eigenvalue weighted by molar-refractivity contribution is 6.01. The average molecular weight is 1800 g/mol. The lowest BCUT2D eigenvalue weighted by atomic mass is 9.97. The third-order valence-corrected chi connectivity index (χ3v) is 19.8. The van der Waals surface area contributed by atoms with E-state index in [2.05, 4.69) is 94.4 Å². The van der Waals surface area contributed by atoms with E-state index in [9.17, 15) is 96.8 Å². The summed E-state index contributed by atoms with van der Waals surface area (Å²) in [5, 5.41) is 66.5. The van der Waals surface area contributed by atoms with Crippen molar-refractivity contribution in [2.75, 3.05) is 26.2 Å². The highest BCUT2D eigenvalue weighted by Gasteiger charge is 2.41. The monoisotopic (exact) mass is 1800 g/mol. The first kappa shape index (κ1) is 114. The molecule has 0 fully saturated rings. The van der Waals surface area contributed by atoms with Crippen LogP contribution >= 0.6 is 0 Å². The summed E-state index contributed by atoms with van der Waals surface area (Å²) < 4.78 is 0. The van der Waals surface area contributed by atoms with Crippen molar-refractivity contribution in [3.8, 4) is 0 Å². The molecule has 15 amide bonds. The predicted octanol–water partition coefficient (Wildman–Crippen LogP) is -5.31. The van der Waals surface area contributed by atoms with Gasteiger partial charge in [-0.2, -0.15) is 0 Å². The number of H-pyrrole nitrogens is 1. The minimum Gasteiger partial charge on any atom is -0.481 e. The Morgan fingerprint density at radius 1 is 0.386 bits per heavy atom. The van der Waals surface area contributed by atoms with Crippen LogP contribution < -0.4 is 120 Å². The van der Waals surface area contributed by atoms with Crippen LogP contribution in [-0.4, -0.2) is 260 Å². The van der Waals surface area contributed by atoms with Gasteiger partial charge in [0.15, 0.2) is 11.9 Å². The molecule has 0 bridgehead atoms. The largest absolute Gasteiger partial charge is 0.481 e. The van der Waals surface area contributed by atoms with Gasteiger partial charge in [0.2, 0.25) is 88.6 Å². The van der Waals surface area contributed by atoms with Crippen LogP contribution in [0.25, 0.3) is 0 Å². The maximum atomic E-state index is 14.8. The van der Waals surface area contributed by atoms with E-state index in [4.69, 9.17) is 45.9 Å². The quantitative estimate of drug-likeness (QED) is 0.0165. The Balaban J connectivity index is 3.74. The molecule has 34 N–H and O–H groups in total. The number of hydrogen-bond acceptors (Lipinski definition) is 24. The molecular weight excluding hydrogens is 1660 g/mol. The first-order chi connectivity index (χ1) is 59.3. The van der Waals surface area contributed by atoms with E-state index in [1.807, 2.05) is 0 Å². The molecule has 720 valence electrons. The number of aliphatic imine (C=N–C) groups is 2.